The van der Waals surface area contributed by atoms with Gasteiger partial charge in [0.25, 0.3) is 0 Å². The van der Waals surface area contributed by atoms with E-state index in [2.05, 4.69) is 5.10 Å². The number of thioether (sulfide) groups is 1. The molecule has 0 radical (unpaired) electrons. The van der Waals surface area contributed by atoms with Crippen LogP contribution in [-0.2, 0) is 7.05 Å². The highest BCUT2D eigenvalue weighted by Crippen LogP contribution is 2.23. The van der Waals surface area contributed by atoms with Crippen LogP contribution in [0.25, 0.3) is 0 Å². The Morgan fingerprint density at radius 3 is 2.40 bits per heavy atom. The first-order valence-corrected chi connectivity index (χ1v) is 4.22. The summed E-state index contributed by atoms with van der Waals surface area (Å²) in [5.74, 6) is 0. The molecule has 0 atom stereocenters. The van der Waals surface area contributed by atoms with Gasteiger partial charge >= 0.3 is 0 Å². The van der Waals surface area contributed by atoms with Gasteiger partial charge in [-0.25, -0.2) is 0 Å². The maximum absolute atomic E-state index is 5.71. The fraction of sp³-hybridized carbons (Fsp3) is 0.500. The molecular formula is C6H11N3S. The SMILES string of the molecule is CSc1c(N)c(C)nn1C. The molecule has 0 spiro atoms. The van der Waals surface area contributed by atoms with Crippen molar-refractivity contribution in [3.8, 4) is 0 Å². The molecule has 0 aliphatic heterocycles. The fourth-order valence-corrected chi connectivity index (χ4v) is 1.57. The Kier molecular flexibility index (Phi) is 1.89. The first kappa shape index (κ1) is 7.47. The van der Waals surface area contributed by atoms with E-state index in [1.807, 2.05) is 20.2 Å². The van der Waals surface area contributed by atoms with Gasteiger partial charge in [0, 0.05) is 7.05 Å². The zero-order valence-corrected chi connectivity index (χ0v) is 7.20. The van der Waals surface area contributed by atoms with Gasteiger partial charge < -0.3 is 5.73 Å². The first-order chi connectivity index (χ1) is 4.66. The highest BCUT2D eigenvalue weighted by atomic mass is 32.2. The summed E-state index contributed by atoms with van der Waals surface area (Å²) in [7, 11) is 1.90. The summed E-state index contributed by atoms with van der Waals surface area (Å²) in [5.41, 5.74) is 7.42. The second kappa shape index (κ2) is 2.54. The predicted molar refractivity (Wildman–Crippen MR) is 44.1 cm³/mol. The van der Waals surface area contributed by atoms with Gasteiger partial charge in [-0.05, 0) is 13.2 Å². The van der Waals surface area contributed by atoms with E-state index in [-0.39, 0.29) is 0 Å². The molecule has 0 fully saturated rings. The molecular weight excluding hydrogens is 146 g/mol. The maximum atomic E-state index is 5.71. The van der Waals surface area contributed by atoms with E-state index in [0.717, 1.165) is 16.4 Å². The molecule has 1 aromatic rings. The van der Waals surface area contributed by atoms with E-state index in [4.69, 9.17) is 5.73 Å². The smallest absolute Gasteiger partial charge is 0.117 e. The van der Waals surface area contributed by atoms with Crippen molar-refractivity contribution in [2.75, 3.05) is 12.0 Å². The second-order valence-electron chi connectivity index (χ2n) is 2.13. The molecule has 2 N–H and O–H groups in total. The normalized spacial score (nSPS) is 10.3. The third-order valence-electron chi connectivity index (χ3n) is 1.41. The van der Waals surface area contributed by atoms with Gasteiger partial charge in [0.05, 0.1) is 11.4 Å². The van der Waals surface area contributed by atoms with Gasteiger partial charge in [-0.15, -0.1) is 11.8 Å². The molecule has 0 aromatic carbocycles. The molecule has 0 aliphatic rings. The quantitative estimate of drug-likeness (QED) is 0.619. The van der Waals surface area contributed by atoms with Crippen LogP contribution in [-0.4, -0.2) is 16.0 Å². The number of nitrogens with zero attached hydrogens (tertiary/aromatic N) is 2. The molecule has 1 aromatic heterocycles. The van der Waals surface area contributed by atoms with Gasteiger partial charge in [-0.1, -0.05) is 0 Å². The lowest BCUT2D eigenvalue weighted by Crippen LogP contribution is -1.92. The maximum Gasteiger partial charge on any atom is 0.117 e. The average molecular weight is 157 g/mol. The van der Waals surface area contributed by atoms with Gasteiger partial charge in [-0.3, -0.25) is 4.68 Å². The van der Waals surface area contributed by atoms with Crippen molar-refractivity contribution in [1.82, 2.24) is 9.78 Å². The minimum Gasteiger partial charge on any atom is -0.395 e. The van der Waals surface area contributed by atoms with Crippen LogP contribution in [0.4, 0.5) is 5.69 Å². The molecule has 56 valence electrons. The summed E-state index contributed by atoms with van der Waals surface area (Å²) in [5, 5.41) is 5.19. The third kappa shape index (κ3) is 0.988. The van der Waals surface area contributed by atoms with E-state index in [9.17, 15) is 0 Å². The van der Waals surface area contributed by atoms with Crippen molar-refractivity contribution in [3.05, 3.63) is 5.69 Å². The van der Waals surface area contributed by atoms with Crippen molar-refractivity contribution in [2.45, 2.75) is 11.9 Å². The van der Waals surface area contributed by atoms with E-state index in [1.165, 1.54) is 0 Å². The van der Waals surface area contributed by atoms with E-state index < -0.39 is 0 Å². The topological polar surface area (TPSA) is 43.8 Å². The fourth-order valence-electron chi connectivity index (χ4n) is 0.895. The van der Waals surface area contributed by atoms with Gasteiger partial charge in [-0.2, -0.15) is 5.10 Å². The predicted octanol–water partition coefficient (Wildman–Crippen LogP) is 1.03. The Bertz CT molecular complexity index is 241. The Morgan fingerprint density at radius 1 is 1.60 bits per heavy atom. The zero-order valence-electron chi connectivity index (χ0n) is 6.38. The molecule has 1 heterocycles. The number of aromatic nitrogens is 2. The van der Waals surface area contributed by atoms with Crippen molar-refractivity contribution >= 4 is 17.4 Å². The number of aryl methyl sites for hydroxylation is 2. The summed E-state index contributed by atoms with van der Waals surface area (Å²) in [6.07, 6.45) is 1.99. The van der Waals surface area contributed by atoms with Crippen molar-refractivity contribution in [1.29, 1.82) is 0 Å². The minimum absolute atomic E-state index is 0.801. The number of nitrogens with two attached hydrogens (primary N) is 1. The number of nitrogen functional groups attached to an aromatic ring is 1. The molecule has 1 rings (SSSR count). The molecule has 0 amide bonds. The van der Waals surface area contributed by atoms with Gasteiger partial charge in [0.15, 0.2) is 0 Å². The molecule has 0 bridgehead atoms. The zero-order chi connectivity index (χ0) is 7.72. The Hall–Kier alpha value is -0.640. The van der Waals surface area contributed by atoms with Crippen molar-refractivity contribution < 1.29 is 0 Å². The van der Waals surface area contributed by atoms with Crippen LogP contribution < -0.4 is 5.73 Å². The summed E-state index contributed by atoms with van der Waals surface area (Å²) in [4.78, 5) is 0. The largest absolute Gasteiger partial charge is 0.395 e. The number of hydrogen-bond acceptors (Lipinski definition) is 3. The summed E-state index contributed by atoms with van der Waals surface area (Å²) >= 11 is 1.62. The molecule has 0 aliphatic carbocycles. The molecule has 0 saturated heterocycles. The van der Waals surface area contributed by atoms with Gasteiger partial charge in [0.1, 0.15) is 5.03 Å². The third-order valence-corrected chi connectivity index (χ3v) is 2.28. The number of rotatable bonds is 1. The number of anilines is 1. The molecule has 10 heavy (non-hydrogen) atoms. The lowest BCUT2D eigenvalue weighted by molar-refractivity contribution is 0.694. The van der Waals surface area contributed by atoms with Gasteiger partial charge in [0.2, 0.25) is 0 Å². The first-order valence-electron chi connectivity index (χ1n) is 3.00. The van der Waals surface area contributed by atoms with Crippen LogP contribution in [0.15, 0.2) is 5.03 Å². The van der Waals surface area contributed by atoms with Crippen LogP contribution in [0.5, 0.6) is 0 Å². The Morgan fingerprint density at radius 2 is 2.20 bits per heavy atom. The van der Waals surface area contributed by atoms with Crippen LogP contribution >= 0.6 is 11.8 Å². The average Bonchev–Trinajstić information content (AvgIpc) is 2.09. The van der Waals surface area contributed by atoms with E-state index in [1.54, 1.807) is 16.4 Å². The lowest BCUT2D eigenvalue weighted by atomic mass is 10.4. The molecule has 4 heteroatoms. The second-order valence-corrected chi connectivity index (χ2v) is 2.93. The lowest BCUT2D eigenvalue weighted by Gasteiger charge is -1.95. The van der Waals surface area contributed by atoms with Crippen LogP contribution in [0.1, 0.15) is 5.69 Å². The van der Waals surface area contributed by atoms with E-state index >= 15 is 0 Å². The van der Waals surface area contributed by atoms with Crippen LogP contribution in [0.3, 0.4) is 0 Å². The van der Waals surface area contributed by atoms with Crippen LogP contribution in [0, 0.1) is 6.92 Å². The molecule has 3 nitrogen and oxygen atoms in total. The minimum atomic E-state index is 0.801. The Balaban J connectivity index is 3.20. The van der Waals surface area contributed by atoms with E-state index in [0.29, 0.717) is 0 Å². The Labute approximate surface area is 64.6 Å². The standard InChI is InChI=1S/C6H11N3S/c1-4-5(7)6(10-3)9(2)8-4/h7H2,1-3H3. The van der Waals surface area contributed by atoms with Crippen LogP contribution in [0.2, 0.25) is 0 Å². The monoisotopic (exact) mass is 157 g/mol. The highest BCUT2D eigenvalue weighted by Gasteiger charge is 2.06. The molecule has 0 saturated carbocycles. The number of hydrogen-bond donors (Lipinski definition) is 1. The summed E-state index contributed by atoms with van der Waals surface area (Å²) in [6.45, 7) is 1.91. The summed E-state index contributed by atoms with van der Waals surface area (Å²) < 4.78 is 1.80. The van der Waals surface area contributed by atoms with Crippen molar-refractivity contribution in [3.63, 3.8) is 0 Å². The highest BCUT2D eigenvalue weighted by molar-refractivity contribution is 7.98. The summed E-state index contributed by atoms with van der Waals surface area (Å²) in [6, 6.07) is 0. The van der Waals surface area contributed by atoms with Crippen molar-refractivity contribution in [2.24, 2.45) is 7.05 Å². The molecule has 0 unspecified atom stereocenters.